The van der Waals surface area contributed by atoms with E-state index in [4.69, 9.17) is 33.9 Å². The second-order valence-corrected chi connectivity index (χ2v) is 8.81. The van der Waals surface area contributed by atoms with Crippen molar-refractivity contribution >= 4 is 5.97 Å². The molecule has 2 aromatic rings. The number of hydrogen-bond acceptors (Lipinski definition) is 8. The number of esters is 1. The zero-order valence-electron chi connectivity index (χ0n) is 22.3. The molecule has 0 heterocycles. The van der Waals surface area contributed by atoms with Gasteiger partial charge >= 0.3 is 5.97 Å². The lowest BCUT2D eigenvalue weighted by molar-refractivity contribution is -0.145. The van der Waals surface area contributed by atoms with Crippen LogP contribution in [-0.4, -0.2) is 56.4 Å². The molecule has 0 fully saturated rings. The van der Waals surface area contributed by atoms with E-state index < -0.39 is 12.6 Å². The zero-order valence-corrected chi connectivity index (χ0v) is 22.3. The number of aliphatic hydroxyl groups is 2. The molecule has 0 radical (unpaired) electrons. The van der Waals surface area contributed by atoms with Gasteiger partial charge in [0.15, 0.2) is 13.6 Å². The molecular weight excluding hydrogens is 488 g/mol. The minimum atomic E-state index is -0.702. The van der Waals surface area contributed by atoms with Crippen LogP contribution in [0.15, 0.2) is 66.8 Å². The van der Waals surface area contributed by atoms with Crippen LogP contribution in [-0.2, 0) is 25.4 Å². The normalized spacial score (nSPS) is 10.7. The molecule has 208 valence electrons. The topological polar surface area (TPSA) is 104 Å². The van der Waals surface area contributed by atoms with Crippen LogP contribution in [0.5, 0.6) is 11.5 Å². The Labute approximate surface area is 225 Å². The number of hydrogen-bond donors (Lipinski definition) is 2. The van der Waals surface area contributed by atoms with E-state index in [0.29, 0.717) is 17.1 Å². The highest BCUT2D eigenvalue weighted by atomic mass is 16.7. The van der Waals surface area contributed by atoms with Crippen molar-refractivity contribution in [1.82, 2.24) is 0 Å². The van der Waals surface area contributed by atoms with Gasteiger partial charge in [0.2, 0.25) is 6.79 Å². The molecular formula is C30H40O8. The molecule has 0 saturated carbocycles. The predicted molar refractivity (Wildman–Crippen MR) is 146 cm³/mol. The van der Waals surface area contributed by atoms with Gasteiger partial charge in [-0.05, 0) is 59.4 Å². The molecule has 2 aromatic carbocycles. The van der Waals surface area contributed by atoms with Crippen LogP contribution in [0.3, 0.4) is 0 Å². The molecule has 2 rings (SSSR count). The third kappa shape index (κ3) is 11.5. The highest BCUT2D eigenvalue weighted by Gasteiger charge is 2.11. The summed E-state index contributed by atoms with van der Waals surface area (Å²) < 4.78 is 27.0. The Bertz CT molecular complexity index is 1020. The summed E-state index contributed by atoms with van der Waals surface area (Å²) in [5.74, 6) is 0.486. The van der Waals surface area contributed by atoms with Gasteiger partial charge < -0.3 is 33.9 Å². The minimum absolute atomic E-state index is 0.00693. The number of aryl methyl sites for hydroxylation is 1. The zero-order chi connectivity index (χ0) is 27.6. The van der Waals surface area contributed by atoms with Crippen LogP contribution in [0.4, 0.5) is 0 Å². The van der Waals surface area contributed by atoms with Gasteiger partial charge in [-0.3, -0.25) is 0 Å². The van der Waals surface area contributed by atoms with E-state index in [9.17, 15) is 4.79 Å². The number of unbranched alkanes of at least 4 members (excludes halogenated alkanes) is 4. The fourth-order valence-electron chi connectivity index (χ4n) is 3.56. The molecule has 2 N–H and O–H groups in total. The maximum absolute atomic E-state index is 11.7. The Morgan fingerprint density at radius 2 is 1.61 bits per heavy atom. The van der Waals surface area contributed by atoms with E-state index in [-0.39, 0.29) is 39.2 Å². The second-order valence-electron chi connectivity index (χ2n) is 8.81. The average Bonchev–Trinajstić information content (AvgIpc) is 2.94. The van der Waals surface area contributed by atoms with E-state index in [1.54, 1.807) is 0 Å². The van der Waals surface area contributed by atoms with Crippen molar-refractivity contribution in [3.8, 4) is 22.6 Å². The third-order valence-corrected chi connectivity index (χ3v) is 5.68. The molecule has 0 aliphatic carbocycles. The van der Waals surface area contributed by atoms with E-state index >= 15 is 0 Å². The van der Waals surface area contributed by atoms with Crippen LogP contribution >= 0.6 is 0 Å². The van der Waals surface area contributed by atoms with Gasteiger partial charge in [-0.1, -0.05) is 64.0 Å². The number of ether oxygens (including phenoxy) is 5. The van der Waals surface area contributed by atoms with Crippen LogP contribution in [0.25, 0.3) is 11.1 Å². The van der Waals surface area contributed by atoms with E-state index in [2.05, 4.69) is 20.1 Å². The van der Waals surface area contributed by atoms with Crippen molar-refractivity contribution in [3.63, 3.8) is 0 Å². The Morgan fingerprint density at radius 1 is 0.842 bits per heavy atom. The number of carbonyl (C=O) groups is 1. The van der Waals surface area contributed by atoms with Gasteiger partial charge in [0.05, 0.1) is 25.4 Å². The molecule has 8 heteroatoms. The van der Waals surface area contributed by atoms with E-state index in [0.717, 1.165) is 24.0 Å². The van der Waals surface area contributed by atoms with E-state index in [1.165, 1.54) is 31.2 Å². The number of aliphatic hydroxyl groups excluding tert-OH is 2. The minimum Gasteiger partial charge on any atom is -0.467 e. The smallest absolute Gasteiger partial charge is 0.338 e. The molecule has 0 amide bonds. The Hall–Kier alpha value is -3.17. The fraction of sp³-hybridized carbons (Fsp3) is 0.433. The second kappa shape index (κ2) is 18.1. The highest BCUT2D eigenvalue weighted by molar-refractivity contribution is 5.87. The quantitative estimate of drug-likeness (QED) is 0.0798. The maximum Gasteiger partial charge on any atom is 0.338 e. The summed E-state index contributed by atoms with van der Waals surface area (Å²) in [5.41, 5.74) is 3.68. The summed E-state index contributed by atoms with van der Waals surface area (Å²) in [6.07, 6.45) is 6.84. The van der Waals surface area contributed by atoms with Crippen molar-refractivity contribution in [2.45, 2.75) is 45.4 Å². The lowest BCUT2D eigenvalue weighted by Gasteiger charge is -2.15. The number of carbonyl (C=O) groups excluding carboxylic acids is 1. The van der Waals surface area contributed by atoms with Crippen LogP contribution in [0, 0.1) is 0 Å². The lowest BCUT2D eigenvalue weighted by Crippen LogP contribution is -2.13. The first-order valence-electron chi connectivity index (χ1n) is 12.9. The monoisotopic (exact) mass is 528 g/mol. The maximum atomic E-state index is 11.7. The molecule has 38 heavy (non-hydrogen) atoms. The fourth-order valence-corrected chi connectivity index (χ4v) is 3.56. The Balaban J connectivity index is 2.07. The molecule has 0 aromatic heterocycles. The summed E-state index contributed by atoms with van der Waals surface area (Å²) in [6.45, 7) is 8.67. The van der Waals surface area contributed by atoms with Crippen molar-refractivity contribution < 1.29 is 38.7 Å². The average molecular weight is 529 g/mol. The molecule has 8 nitrogen and oxygen atoms in total. The number of rotatable bonds is 20. The first-order valence-corrected chi connectivity index (χ1v) is 12.9. The SMILES string of the molecule is C=C(CO)COCOCOc1cccc(-c2cc(OCOC(=O)C(=C)CO)ccc2CCCCCCC)c1. The molecule has 0 aliphatic rings. The van der Waals surface area contributed by atoms with Crippen LogP contribution in [0.2, 0.25) is 0 Å². The molecule has 0 saturated heterocycles. The standard InChI is InChI=1S/C30H40O8/c1-4-5-6-7-8-10-25-13-14-28(37-22-38-30(33)24(3)18-32)16-29(25)26-11-9-12-27(15-26)36-21-35-20-34-19-23(2)17-31/h9,11-16,31-32H,2-8,10,17-22H2,1H3. The Morgan fingerprint density at radius 3 is 2.37 bits per heavy atom. The van der Waals surface area contributed by atoms with Gasteiger partial charge in [-0.25, -0.2) is 4.79 Å². The summed E-state index contributed by atoms with van der Waals surface area (Å²) in [7, 11) is 0. The van der Waals surface area contributed by atoms with Gasteiger partial charge in [-0.15, -0.1) is 0 Å². The number of benzene rings is 2. The molecule has 0 atom stereocenters. The first-order chi connectivity index (χ1) is 18.5. The molecule has 0 unspecified atom stereocenters. The summed E-state index contributed by atoms with van der Waals surface area (Å²) in [4.78, 5) is 11.7. The van der Waals surface area contributed by atoms with Crippen molar-refractivity contribution in [1.29, 1.82) is 0 Å². The largest absolute Gasteiger partial charge is 0.467 e. The molecule has 0 bridgehead atoms. The Kier molecular flexibility index (Phi) is 14.8. The predicted octanol–water partition coefficient (Wildman–Crippen LogP) is 5.17. The summed E-state index contributed by atoms with van der Waals surface area (Å²) in [5, 5.41) is 17.9. The van der Waals surface area contributed by atoms with Gasteiger partial charge in [0, 0.05) is 0 Å². The van der Waals surface area contributed by atoms with Crippen LogP contribution < -0.4 is 9.47 Å². The van der Waals surface area contributed by atoms with Gasteiger partial charge in [0.1, 0.15) is 11.5 Å². The molecule has 0 spiro atoms. The van der Waals surface area contributed by atoms with Crippen LogP contribution in [0.1, 0.15) is 44.6 Å². The third-order valence-electron chi connectivity index (χ3n) is 5.68. The first kappa shape index (κ1) is 31.1. The van der Waals surface area contributed by atoms with Crippen molar-refractivity contribution in [2.75, 3.05) is 40.2 Å². The highest BCUT2D eigenvalue weighted by Crippen LogP contribution is 2.32. The van der Waals surface area contributed by atoms with Crippen molar-refractivity contribution in [2.24, 2.45) is 0 Å². The summed E-state index contributed by atoms with van der Waals surface area (Å²) in [6, 6.07) is 13.5. The summed E-state index contributed by atoms with van der Waals surface area (Å²) >= 11 is 0. The molecule has 0 aliphatic heterocycles. The lowest BCUT2D eigenvalue weighted by atomic mass is 9.95. The van der Waals surface area contributed by atoms with Gasteiger partial charge in [0.25, 0.3) is 0 Å². The van der Waals surface area contributed by atoms with E-state index in [1.807, 2.05) is 42.5 Å². The van der Waals surface area contributed by atoms with Crippen molar-refractivity contribution in [3.05, 3.63) is 72.3 Å². The van der Waals surface area contributed by atoms with Gasteiger partial charge in [-0.2, -0.15) is 0 Å².